The minimum Gasteiger partial charge on any atom is -0.494 e. The minimum atomic E-state index is -0.0626. The maximum atomic E-state index is 6.54. The summed E-state index contributed by atoms with van der Waals surface area (Å²) in [7, 11) is 1.69. The zero-order chi connectivity index (χ0) is 30.6. The standard InChI is InChI=1S/C32H38ClN9O3/c1-43-30-17-26(40-10-8-25(9-11-40)41-12-14-44-15-13-41)5-7-28(30)37-32-34-18-24(19-35-32)23-4-6-27(33)29(16-23)45-31(22-2-3-22)20-42-21-36-38-39-42/h4-7,16-19,21-22,25,31H,2-3,8-15,20H2,1H3,(H,34,35,37). The van der Waals surface area contributed by atoms with Crippen LogP contribution in [-0.2, 0) is 11.3 Å². The van der Waals surface area contributed by atoms with Gasteiger partial charge in [0.1, 0.15) is 23.9 Å². The zero-order valence-electron chi connectivity index (χ0n) is 25.4. The van der Waals surface area contributed by atoms with E-state index in [2.05, 4.69) is 52.7 Å². The van der Waals surface area contributed by atoms with Crippen molar-refractivity contribution in [3.05, 3.63) is 60.1 Å². The Kier molecular flexibility index (Phi) is 8.94. The van der Waals surface area contributed by atoms with Gasteiger partial charge >= 0.3 is 0 Å². The summed E-state index contributed by atoms with van der Waals surface area (Å²) in [6, 6.07) is 12.6. The predicted octanol–water partition coefficient (Wildman–Crippen LogP) is 4.69. The zero-order valence-corrected chi connectivity index (χ0v) is 26.1. The lowest BCUT2D eigenvalue weighted by Gasteiger charge is -2.40. The number of morpholine rings is 1. The number of hydrogen-bond acceptors (Lipinski definition) is 11. The highest BCUT2D eigenvalue weighted by Gasteiger charge is 2.34. The summed E-state index contributed by atoms with van der Waals surface area (Å²) in [5, 5.41) is 15.3. The fraction of sp³-hybridized carbons (Fsp3) is 0.469. The lowest BCUT2D eigenvalue weighted by atomic mass is 10.0. The maximum absolute atomic E-state index is 6.54. The highest BCUT2D eigenvalue weighted by Crippen LogP contribution is 2.39. The van der Waals surface area contributed by atoms with Crippen molar-refractivity contribution < 1.29 is 14.2 Å². The van der Waals surface area contributed by atoms with Gasteiger partial charge in [-0.3, -0.25) is 4.90 Å². The Labute approximate surface area is 267 Å². The number of nitrogens with zero attached hydrogens (tertiary/aromatic N) is 8. The maximum Gasteiger partial charge on any atom is 0.227 e. The van der Waals surface area contributed by atoms with E-state index < -0.39 is 0 Å². The highest BCUT2D eigenvalue weighted by molar-refractivity contribution is 6.32. The van der Waals surface area contributed by atoms with E-state index in [0.29, 0.717) is 35.2 Å². The van der Waals surface area contributed by atoms with E-state index in [1.165, 1.54) is 0 Å². The van der Waals surface area contributed by atoms with Crippen molar-refractivity contribution in [2.24, 2.45) is 5.92 Å². The normalized spacial score (nSPS) is 18.5. The number of piperidine rings is 1. The molecule has 7 rings (SSSR count). The van der Waals surface area contributed by atoms with Crippen LogP contribution in [0.25, 0.3) is 11.1 Å². The summed E-state index contributed by atoms with van der Waals surface area (Å²) >= 11 is 6.54. The SMILES string of the molecule is COc1cc(N2CCC(N3CCOCC3)CC2)ccc1Nc1ncc(-c2ccc(Cl)c(OC(Cn3cnnn3)C3CC3)c2)cn1. The van der Waals surface area contributed by atoms with Gasteiger partial charge in [-0.05, 0) is 71.9 Å². The van der Waals surface area contributed by atoms with E-state index in [9.17, 15) is 0 Å². The Morgan fingerprint density at radius 3 is 2.47 bits per heavy atom. The Morgan fingerprint density at radius 2 is 1.76 bits per heavy atom. The predicted molar refractivity (Wildman–Crippen MR) is 171 cm³/mol. The molecular weight excluding hydrogens is 594 g/mol. The van der Waals surface area contributed by atoms with Crippen molar-refractivity contribution in [2.45, 2.75) is 44.4 Å². The number of rotatable bonds is 11. The monoisotopic (exact) mass is 631 g/mol. The van der Waals surface area contributed by atoms with Crippen molar-refractivity contribution in [3.63, 3.8) is 0 Å². The van der Waals surface area contributed by atoms with Crippen LogP contribution in [0.1, 0.15) is 25.7 Å². The van der Waals surface area contributed by atoms with E-state index in [-0.39, 0.29) is 6.10 Å². The first-order chi connectivity index (χ1) is 22.1. The van der Waals surface area contributed by atoms with Crippen LogP contribution < -0.4 is 19.7 Å². The van der Waals surface area contributed by atoms with Gasteiger partial charge in [0.25, 0.3) is 0 Å². The number of tetrazole rings is 1. The lowest BCUT2D eigenvalue weighted by molar-refractivity contribution is 0.0115. The quantitative estimate of drug-likeness (QED) is 0.248. The molecule has 1 atom stereocenters. The molecule has 0 bridgehead atoms. The van der Waals surface area contributed by atoms with E-state index in [1.807, 2.05) is 24.3 Å². The van der Waals surface area contributed by atoms with Crippen molar-refractivity contribution >= 4 is 28.9 Å². The molecule has 4 heterocycles. The van der Waals surface area contributed by atoms with Gasteiger partial charge in [0.15, 0.2) is 0 Å². The third kappa shape index (κ3) is 7.13. The highest BCUT2D eigenvalue weighted by atomic mass is 35.5. The number of halogens is 1. The molecule has 1 unspecified atom stereocenters. The third-order valence-electron chi connectivity index (χ3n) is 8.92. The molecule has 4 aromatic rings. The van der Waals surface area contributed by atoms with Crippen molar-refractivity contribution in [2.75, 3.05) is 56.7 Å². The second-order valence-electron chi connectivity index (χ2n) is 11.8. The molecule has 2 aromatic heterocycles. The first-order valence-electron chi connectivity index (χ1n) is 15.6. The molecule has 2 aromatic carbocycles. The topological polar surface area (TPSA) is 116 Å². The lowest BCUT2D eigenvalue weighted by Crippen LogP contribution is -2.49. The molecule has 236 valence electrons. The van der Waals surface area contributed by atoms with E-state index >= 15 is 0 Å². The Hall–Kier alpha value is -4.00. The van der Waals surface area contributed by atoms with Gasteiger partial charge in [0.2, 0.25) is 5.95 Å². The van der Waals surface area contributed by atoms with Gasteiger partial charge in [-0.1, -0.05) is 17.7 Å². The fourth-order valence-corrected chi connectivity index (χ4v) is 6.37. The molecule has 1 saturated carbocycles. The molecule has 0 amide bonds. The molecule has 1 N–H and O–H groups in total. The summed E-state index contributed by atoms with van der Waals surface area (Å²) in [6.45, 7) is 6.41. The van der Waals surface area contributed by atoms with Gasteiger partial charge in [0.05, 0.1) is 37.6 Å². The molecule has 45 heavy (non-hydrogen) atoms. The van der Waals surface area contributed by atoms with Gasteiger partial charge < -0.3 is 24.4 Å². The number of methoxy groups -OCH3 is 1. The molecule has 2 aliphatic heterocycles. The number of nitrogens with one attached hydrogen (secondary N) is 1. The van der Waals surface area contributed by atoms with Crippen LogP contribution in [0.3, 0.4) is 0 Å². The van der Waals surface area contributed by atoms with Crippen molar-refractivity contribution in [1.29, 1.82) is 0 Å². The fourth-order valence-electron chi connectivity index (χ4n) is 6.21. The largest absolute Gasteiger partial charge is 0.494 e. The van der Waals surface area contributed by atoms with Crippen LogP contribution in [0.4, 0.5) is 17.3 Å². The average molecular weight is 632 g/mol. The van der Waals surface area contributed by atoms with Crippen LogP contribution in [0, 0.1) is 5.92 Å². The smallest absolute Gasteiger partial charge is 0.227 e. The van der Waals surface area contributed by atoms with Gasteiger partial charge in [-0.15, -0.1) is 5.10 Å². The van der Waals surface area contributed by atoms with Gasteiger partial charge in [-0.2, -0.15) is 0 Å². The number of benzene rings is 2. The Balaban J connectivity index is 0.993. The molecule has 12 nitrogen and oxygen atoms in total. The van der Waals surface area contributed by atoms with Gasteiger partial charge in [0, 0.05) is 61.9 Å². The molecule has 3 aliphatic rings. The molecule has 13 heteroatoms. The van der Waals surface area contributed by atoms with Crippen LogP contribution in [0.2, 0.25) is 5.02 Å². The molecule has 0 spiro atoms. The first kappa shape index (κ1) is 29.7. The van der Waals surface area contributed by atoms with E-state index in [0.717, 1.165) is 93.3 Å². The summed E-state index contributed by atoms with van der Waals surface area (Å²) in [4.78, 5) is 14.2. The molecule has 3 fully saturated rings. The van der Waals surface area contributed by atoms with Crippen LogP contribution in [0.15, 0.2) is 55.1 Å². The van der Waals surface area contributed by atoms with Crippen molar-refractivity contribution in [3.8, 4) is 22.6 Å². The first-order valence-corrected chi connectivity index (χ1v) is 16.0. The average Bonchev–Trinajstić information content (AvgIpc) is 3.82. The summed E-state index contributed by atoms with van der Waals surface area (Å²) < 4.78 is 19.4. The molecular formula is C32H38ClN9O3. The molecule has 0 radical (unpaired) electrons. The summed E-state index contributed by atoms with van der Waals surface area (Å²) in [5.74, 6) is 2.32. The Morgan fingerprint density at radius 1 is 0.956 bits per heavy atom. The van der Waals surface area contributed by atoms with Crippen LogP contribution >= 0.6 is 11.6 Å². The Bertz CT molecular complexity index is 1550. The van der Waals surface area contributed by atoms with Crippen molar-refractivity contribution in [1.82, 2.24) is 35.1 Å². The molecule has 1 aliphatic carbocycles. The van der Waals surface area contributed by atoms with E-state index in [4.69, 9.17) is 25.8 Å². The molecule has 2 saturated heterocycles. The van der Waals surface area contributed by atoms with Gasteiger partial charge in [-0.25, -0.2) is 14.6 Å². The van der Waals surface area contributed by atoms with E-state index in [1.54, 1.807) is 30.5 Å². The van der Waals surface area contributed by atoms with Crippen LogP contribution in [-0.4, -0.2) is 93.7 Å². The number of anilines is 3. The number of aromatic nitrogens is 6. The summed E-state index contributed by atoms with van der Waals surface area (Å²) in [5.41, 5.74) is 3.75. The summed E-state index contributed by atoms with van der Waals surface area (Å²) in [6.07, 6.45) is 9.68. The second kappa shape index (κ2) is 13.6. The number of ether oxygens (including phenoxy) is 3. The second-order valence-corrected chi connectivity index (χ2v) is 12.2. The van der Waals surface area contributed by atoms with Crippen LogP contribution in [0.5, 0.6) is 11.5 Å². The number of hydrogen-bond donors (Lipinski definition) is 1. The third-order valence-corrected chi connectivity index (χ3v) is 9.24. The minimum absolute atomic E-state index is 0.0626.